The molecule has 2 aliphatic rings. The molecule has 3 rings (SSSR count). The van der Waals surface area contributed by atoms with Gasteiger partial charge in [-0.2, -0.15) is 0 Å². The number of nitrogens with one attached hydrogen (secondary N) is 1. The average Bonchev–Trinajstić information content (AvgIpc) is 2.74. The van der Waals surface area contributed by atoms with Crippen LogP contribution in [-0.2, 0) is 14.3 Å². The first-order valence-electron chi connectivity index (χ1n) is 10.5. The number of esters is 1. The molecule has 0 atom stereocenters. The fourth-order valence-corrected chi connectivity index (χ4v) is 4.19. The van der Waals surface area contributed by atoms with Crippen molar-refractivity contribution >= 4 is 23.5 Å². The Hall–Kier alpha value is -2.37. The number of rotatable bonds is 5. The Kier molecular flexibility index (Phi) is 7.06. The number of piperidine rings is 1. The van der Waals surface area contributed by atoms with Gasteiger partial charge in [0.2, 0.25) is 11.8 Å². The van der Waals surface area contributed by atoms with Crippen LogP contribution in [0.4, 0.5) is 5.69 Å². The molecule has 2 fully saturated rings. The highest BCUT2D eigenvalue weighted by Crippen LogP contribution is 2.32. The molecular formula is C22H30N2O4. The number of para-hydroxylation sites is 1. The molecule has 1 aromatic carbocycles. The molecule has 6 heteroatoms. The van der Waals surface area contributed by atoms with Crippen molar-refractivity contribution in [1.29, 1.82) is 0 Å². The summed E-state index contributed by atoms with van der Waals surface area (Å²) in [5.41, 5.74) is 0.851. The molecule has 6 nitrogen and oxygen atoms in total. The predicted octanol–water partition coefficient (Wildman–Crippen LogP) is 3.62. The molecule has 1 heterocycles. The van der Waals surface area contributed by atoms with Gasteiger partial charge in [0.1, 0.15) is 0 Å². The van der Waals surface area contributed by atoms with Gasteiger partial charge in [-0.1, -0.05) is 12.1 Å². The van der Waals surface area contributed by atoms with E-state index in [1.165, 1.54) is 6.42 Å². The van der Waals surface area contributed by atoms with Crippen molar-refractivity contribution in [2.24, 2.45) is 11.8 Å². The van der Waals surface area contributed by atoms with Gasteiger partial charge < -0.3 is 15.0 Å². The molecule has 0 spiro atoms. The third-order valence-corrected chi connectivity index (χ3v) is 5.80. The van der Waals surface area contributed by atoms with E-state index < -0.39 is 5.97 Å². The van der Waals surface area contributed by atoms with Crippen molar-refractivity contribution < 1.29 is 19.1 Å². The smallest absolute Gasteiger partial charge is 0.340 e. The van der Waals surface area contributed by atoms with Crippen LogP contribution in [0, 0.1) is 11.8 Å². The van der Waals surface area contributed by atoms with E-state index in [4.69, 9.17) is 4.74 Å². The van der Waals surface area contributed by atoms with E-state index in [1.54, 1.807) is 31.2 Å². The molecule has 152 valence electrons. The third kappa shape index (κ3) is 4.91. The van der Waals surface area contributed by atoms with Gasteiger partial charge in [0.15, 0.2) is 0 Å². The lowest BCUT2D eigenvalue weighted by Gasteiger charge is -2.33. The summed E-state index contributed by atoms with van der Waals surface area (Å²) in [6.45, 7) is 3.80. The molecule has 1 N–H and O–H groups in total. The van der Waals surface area contributed by atoms with E-state index in [0.29, 0.717) is 24.1 Å². The lowest BCUT2D eigenvalue weighted by atomic mass is 9.80. The van der Waals surface area contributed by atoms with E-state index in [-0.39, 0.29) is 30.3 Å². The van der Waals surface area contributed by atoms with E-state index >= 15 is 0 Å². The fraction of sp³-hybridized carbons (Fsp3) is 0.591. The number of anilines is 1. The van der Waals surface area contributed by atoms with Crippen LogP contribution in [0.1, 0.15) is 62.2 Å². The Morgan fingerprint density at radius 1 is 1.00 bits per heavy atom. The molecule has 1 aliphatic carbocycles. The van der Waals surface area contributed by atoms with Gasteiger partial charge in [-0.05, 0) is 64.0 Å². The van der Waals surface area contributed by atoms with Crippen molar-refractivity contribution in [3.05, 3.63) is 29.8 Å². The number of amides is 2. The Morgan fingerprint density at radius 2 is 1.64 bits per heavy atom. The molecule has 1 aliphatic heterocycles. The molecule has 0 radical (unpaired) electrons. The van der Waals surface area contributed by atoms with Crippen LogP contribution in [0.2, 0.25) is 0 Å². The Balaban J connectivity index is 1.54. The molecule has 0 aromatic heterocycles. The topological polar surface area (TPSA) is 75.7 Å². The van der Waals surface area contributed by atoms with Gasteiger partial charge in [-0.25, -0.2) is 4.79 Å². The van der Waals surface area contributed by atoms with Crippen LogP contribution < -0.4 is 5.32 Å². The summed E-state index contributed by atoms with van der Waals surface area (Å²) in [7, 11) is 0. The standard InChI is InChI=1S/C22H30N2O4/c1-2-28-22(27)18-8-4-5-9-19(18)23-20(25)16-10-12-17(13-11-16)21(26)24-14-6-3-7-15-24/h4-5,8-9,16-17H,2-3,6-7,10-15H2,1H3,(H,23,25). The minimum absolute atomic E-state index is 0.0500. The van der Waals surface area contributed by atoms with Gasteiger partial charge >= 0.3 is 5.97 Å². The lowest BCUT2D eigenvalue weighted by molar-refractivity contribution is -0.138. The maximum Gasteiger partial charge on any atom is 0.340 e. The van der Waals surface area contributed by atoms with E-state index in [9.17, 15) is 14.4 Å². The summed E-state index contributed by atoms with van der Waals surface area (Å²) in [5, 5.41) is 2.89. The van der Waals surface area contributed by atoms with Crippen LogP contribution in [0.15, 0.2) is 24.3 Å². The fourth-order valence-electron chi connectivity index (χ4n) is 4.19. The molecule has 1 saturated heterocycles. The first-order chi connectivity index (χ1) is 13.6. The number of carbonyl (C=O) groups excluding carboxylic acids is 3. The second kappa shape index (κ2) is 9.71. The molecule has 1 saturated carbocycles. The third-order valence-electron chi connectivity index (χ3n) is 5.80. The second-order valence-electron chi connectivity index (χ2n) is 7.69. The van der Waals surface area contributed by atoms with Crippen LogP contribution >= 0.6 is 0 Å². The van der Waals surface area contributed by atoms with Gasteiger partial charge in [0, 0.05) is 24.9 Å². The van der Waals surface area contributed by atoms with Gasteiger partial charge in [0.05, 0.1) is 17.9 Å². The Morgan fingerprint density at radius 3 is 2.32 bits per heavy atom. The van der Waals surface area contributed by atoms with Crippen molar-refractivity contribution in [3.8, 4) is 0 Å². The van der Waals surface area contributed by atoms with Gasteiger partial charge in [0.25, 0.3) is 0 Å². The number of hydrogen-bond donors (Lipinski definition) is 1. The van der Waals surface area contributed by atoms with Crippen molar-refractivity contribution in [2.45, 2.75) is 51.9 Å². The molecule has 0 bridgehead atoms. The Labute approximate surface area is 166 Å². The highest BCUT2D eigenvalue weighted by molar-refractivity contribution is 6.01. The average molecular weight is 386 g/mol. The highest BCUT2D eigenvalue weighted by Gasteiger charge is 2.32. The van der Waals surface area contributed by atoms with Gasteiger partial charge in [-0.3, -0.25) is 9.59 Å². The molecule has 28 heavy (non-hydrogen) atoms. The zero-order chi connectivity index (χ0) is 19.9. The van der Waals surface area contributed by atoms with Gasteiger partial charge in [-0.15, -0.1) is 0 Å². The normalized spacial score (nSPS) is 22.4. The number of hydrogen-bond acceptors (Lipinski definition) is 4. The zero-order valence-electron chi connectivity index (χ0n) is 16.6. The van der Waals surface area contributed by atoms with E-state index in [2.05, 4.69) is 5.32 Å². The maximum atomic E-state index is 12.7. The monoisotopic (exact) mass is 386 g/mol. The predicted molar refractivity (Wildman–Crippen MR) is 107 cm³/mol. The van der Waals surface area contributed by atoms with Crippen molar-refractivity contribution in [1.82, 2.24) is 4.90 Å². The number of nitrogens with zero attached hydrogens (tertiary/aromatic N) is 1. The number of ether oxygens (including phenoxy) is 1. The number of likely N-dealkylation sites (tertiary alicyclic amines) is 1. The summed E-state index contributed by atoms with van der Waals surface area (Å²) in [6, 6.07) is 6.91. The molecular weight excluding hydrogens is 356 g/mol. The second-order valence-corrected chi connectivity index (χ2v) is 7.69. The SMILES string of the molecule is CCOC(=O)c1ccccc1NC(=O)C1CCC(C(=O)N2CCCCC2)CC1. The molecule has 2 amide bonds. The van der Waals surface area contributed by atoms with E-state index in [1.807, 2.05) is 4.90 Å². The summed E-state index contributed by atoms with van der Waals surface area (Å²) in [5.74, 6) is -0.323. The zero-order valence-corrected chi connectivity index (χ0v) is 16.6. The highest BCUT2D eigenvalue weighted by atomic mass is 16.5. The van der Waals surface area contributed by atoms with Crippen molar-refractivity contribution in [2.75, 3.05) is 25.0 Å². The number of carbonyl (C=O) groups is 3. The molecule has 0 unspecified atom stereocenters. The summed E-state index contributed by atoms with van der Waals surface area (Å²) < 4.78 is 5.06. The van der Waals surface area contributed by atoms with Crippen molar-refractivity contribution in [3.63, 3.8) is 0 Å². The quantitative estimate of drug-likeness (QED) is 0.784. The maximum absolute atomic E-state index is 12.7. The first kappa shape index (κ1) is 20.4. The van der Waals surface area contributed by atoms with Crippen LogP contribution in [-0.4, -0.2) is 42.4 Å². The summed E-state index contributed by atoms with van der Waals surface area (Å²) in [6.07, 6.45) is 6.34. The van der Waals surface area contributed by atoms with Crippen LogP contribution in [0.3, 0.4) is 0 Å². The molecule has 1 aromatic rings. The Bertz CT molecular complexity index is 704. The minimum atomic E-state index is -0.436. The largest absolute Gasteiger partial charge is 0.462 e. The van der Waals surface area contributed by atoms with Crippen LogP contribution in [0.5, 0.6) is 0 Å². The lowest BCUT2D eigenvalue weighted by Crippen LogP contribution is -2.41. The van der Waals surface area contributed by atoms with E-state index in [0.717, 1.165) is 38.8 Å². The minimum Gasteiger partial charge on any atom is -0.462 e. The number of benzene rings is 1. The summed E-state index contributed by atoms with van der Waals surface area (Å²) >= 11 is 0. The first-order valence-corrected chi connectivity index (χ1v) is 10.5. The summed E-state index contributed by atoms with van der Waals surface area (Å²) in [4.78, 5) is 39.5. The van der Waals surface area contributed by atoms with Crippen LogP contribution in [0.25, 0.3) is 0 Å².